The topological polar surface area (TPSA) is 54.9 Å². The normalized spacial score (nSPS) is 13.6. The number of hydrogen-bond acceptors (Lipinski definition) is 5. The van der Waals surface area contributed by atoms with E-state index in [1.165, 1.54) is 53.2 Å². The second-order valence-corrected chi connectivity index (χ2v) is 8.49. The van der Waals surface area contributed by atoms with Gasteiger partial charge in [0.2, 0.25) is 5.91 Å². The second-order valence-electron chi connectivity index (χ2n) is 6.03. The Bertz CT molecular complexity index is 992. The molecule has 0 spiro atoms. The van der Waals surface area contributed by atoms with Crippen LogP contribution in [0.1, 0.15) is 23.3 Å². The summed E-state index contributed by atoms with van der Waals surface area (Å²) >= 11 is 9.08. The van der Waals surface area contributed by atoms with Gasteiger partial charge in [0.1, 0.15) is 22.0 Å². The molecule has 0 aliphatic heterocycles. The number of nitrogens with one attached hydrogen (secondary N) is 1. The number of carbonyl (C=O) groups is 1. The smallest absolute Gasteiger partial charge is 0.234 e. The van der Waals surface area contributed by atoms with E-state index in [1.54, 1.807) is 17.7 Å². The molecule has 134 valence electrons. The van der Waals surface area contributed by atoms with Gasteiger partial charge in [0.15, 0.2) is 0 Å². The Morgan fingerprint density at radius 3 is 3.00 bits per heavy atom. The van der Waals surface area contributed by atoms with Crippen molar-refractivity contribution < 1.29 is 9.18 Å². The highest BCUT2D eigenvalue weighted by Crippen LogP contribution is 2.39. The number of carbonyl (C=O) groups excluding carboxylic acids is 1. The maximum atomic E-state index is 13.1. The Morgan fingerprint density at radius 1 is 1.31 bits per heavy atom. The first-order valence-corrected chi connectivity index (χ1v) is 10.4. The Labute approximate surface area is 163 Å². The van der Waals surface area contributed by atoms with Crippen molar-refractivity contribution in [1.82, 2.24) is 9.97 Å². The van der Waals surface area contributed by atoms with Gasteiger partial charge in [0.25, 0.3) is 0 Å². The Hall–Kier alpha value is -1.70. The third-order valence-corrected chi connectivity index (χ3v) is 6.76. The van der Waals surface area contributed by atoms with Crippen LogP contribution in [0.4, 0.5) is 10.1 Å². The minimum Gasteiger partial charge on any atom is -0.324 e. The number of anilines is 1. The molecule has 4 rings (SSSR count). The number of aryl methyl sites for hydroxylation is 2. The summed E-state index contributed by atoms with van der Waals surface area (Å²) in [6.45, 7) is 0. The van der Waals surface area contributed by atoms with Gasteiger partial charge >= 0.3 is 0 Å². The number of amides is 1. The summed E-state index contributed by atoms with van der Waals surface area (Å²) in [5.74, 6) is -0.447. The number of rotatable bonds is 4. The highest BCUT2D eigenvalue weighted by atomic mass is 35.5. The van der Waals surface area contributed by atoms with E-state index in [0.717, 1.165) is 28.1 Å². The van der Waals surface area contributed by atoms with Crippen molar-refractivity contribution in [2.45, 2.75) is 30.7 Å². The molecule has 4 nitrogen and oxygen atoms in total. The molecule has 0 unspecified atom stereocenters. The molecule has 1 amide bonds. The van der Waals surface area contributed by atoms with Crippen LogP contribution in [0.25, 0.3) is 10.2 Å². The zero-order chi connectivity index (χ0) is 18.1. The lowest BCUT2D eigenvalue weighted by Crippen LogP contribution is -2.14. The fraction of sp³-hybridized carbons (Fsp3) is 0.278. The van der Waals surface area contributed by atoms with E-state index in [9.17, 15) is 9.18 Å². The largest absolute Gasteiger partial charge is 0.324 e. The van der Waals surface area contributed by atoms with Gasteiger partial charge in [-0.05, 0) is 49.4 Å². The van der Waals surface area contributed by atoms with Gasteiger partial charge in [-0.3, -0.25) is 4.79 Å². The lowest BCUT2D eigenvalue weighted by Gasteiger charge is -2.11. The molecule has 0 saturated heterocycles. The van der Waals surface area contributed by atoms with E-state index in [1.807, 2.05) is 0 Å². The molecule has 2 heterocycles. The van der Waals surface area contributed by atoms with Crippen molar-refractivity contribution in [3.8, 4) is 0 Å². The predicted octanol–water partition coefficient (Wildman–Crippen LogP) is 5.09. The number of halogens is 2. The quantitative estimate of drug-likeness (QED) is 0.483. The Kier molecular flexibility index (Phi) is 5.11. The first-order chi connectivity index (χ1) is 12.6. The lowest BCUT2D eigenvalue weighted by atomic mass is 9.97. The van der Waals surface area contributed by atoms with Gasteiger partial charge in [-0.2, -0.15) is 0 Å². The van der Waals surface area contributed by atoms with Crippen LogP contribution in [0.3, 0.4) is 0 Å². The first-order valence-electron chi connectivity index (χ1n) is 8.25. The summed E-state index contributed by atoms with van der Waals surface area (Å²) in [4.78, 5) is 23.5. The SMILES string of the molecule is O=C(CSc1ncnc2sc3c(c12)CCCC3)Nc1ccc(F)cc1Cl. The predicted molar refractivity (Wildman–Crippen MR) is 105 cm³/mol. The fourth-order valence-electron chi connectivity index (χ4n) is 3.08. The molecule has 8 heteroatoms. The highest BCUT2D eigenvalue weighted by Gasteiger charge is 2.20. The number of hydrogen-bond donors (Lipinski definition) is 1. The van der Waals surface area contributed by atoms with Crippen LogP contribution in [0.15, 0.2) is 29.6 Å². The number of nitrogens with zero attached hydrogens (tertiary/aromatic N) is 2. The molecule has 2 aromatic heterocycles. The minimum absolute atomic E-state index is 0.180. The van der Waals surface area contributed by atoms with Crippen molar-refractivity contribution >= 4 is 56.5 Å². The number of benzene rings is 1. The molecule has 3 aromatic rings. The van der Waals surface area contributed by atoms with Gasteiger partial charge < -0.3 is 5.32 Å². The van der Waals surface area contributed by atoms with Gasteiger partial charge in [0.05, 0.1) is 16.5 Å². The molecule has 26 heavy (non-hydrogen) atoms. The van der Waals surface area contributed by atoms with Crippen molar-refractivity contribution in [2.24, 2.45) is 0 Å². The number of thioether (sulfide) groups is 1. The maximum Gasteiger partial charge on any atom is 0.234 e. The van der Waals surface area contributed by atoms with Gasteiger partial charge in [-0.15, -0.1) is 11.3 Å². The molecule has 0 radical (unpaired) electrons. The summed E-state index contributed by atoms with van der Waals surface area (Å²) in [7, 11) is 0. The van der Waals surface area contributed by atoms with Gasteiger partial charge in [-0.25, -0.2) is 14.4 Å². The average molecular weight is 408 g/mol. The van der Waals surface area contributed by atoms with E-state index in [4.69, 9.17) is 11.6 Å². The maximum absolute atomic E-state index is 13.1. The summed E-state index contributed by atoms with van der Waals surface area (Å²) in [5, 5.41) is 4.84. The van der Waals surface area contributed by atoms with Crippen LogP contribution in [-0.2, 0) is 17.6 Å². The number of fused-ring (bicyclic) bond motifs is 3. The molecule has 1 N–H and O–H groups in total. The van der Waals surface area contributed by atoms with Crippen molar-refractivity contribution in [2.75, 3.05) is 11.1 Å². The third kappa shape index (κ3) is 3.56. The summed E-state index contributed by atoms with van der Waals surface area (Å²) in [6.07, 6.45) is 6.11. The Morgan fingerprint density at radius 2 is 2.15 bits per heavy atom. The van der Waals surface area contributed by atoms with Crippen molar-refractivity contribution in [3.05, 3.63) is 45.8 Å². The van der Waals surface area contributed by atoms with E-state index < -0.39 is 5.82 Å². The number of aromatic nitrogens is 2. The molecule has 0 bridgehead atoms. The van der Waals surface area contributed by atoms with Crippen LogP contribution in [0, 0.1) is 5.82 Å². The summed E-state index contributed by atoms with van der Waals surface area (Å²) in [5.41, 5.74) is 1.75. The average Bonchev–Trinajstić information content (AvgIpc) is 3.01. The standard InChI is InChI=1S/C18H15ClFN3OS2/c19-12-7-10(20)5-6-13(12)23-15(24)8-25-17-16-11-3-1-2-4-14(11)26-18(16)22-9-21-17/h5-7,9H,1-4,8H2,(H,23,24). The zero-order valence-corrected chi connectivity index (χ0v) is 16.1. The Balaban J connectivity index is 1.51. The van der Waals surface area contributed by atoms with Crippen LogP contribution >= 0.6 is 34.7 Å². The highest BCUT2D eigenvalue weighted by molar-refractivity contribution is 8.00. The molecule has 1 aliphatic carbocycles. The van der Waals surface area contributed by atoms with Crippen LogP contribution in [0.5, 0.6) is 0 Å². The molecule has 1 aromatic carbocycles. The molecule has 1 aliphatic rings. The van der Waals surface area contributed by atoms with E-state index >= 15 is 0 Å². The van der Waals surface area contributed by atoms with E-state index in [0.29, 0.717) is 5.69 Å². The van der Waals surface area contributed by atoms with Crippen LogP contribution < -0.4 is 5.32 Å². The van der Waals surface area contributed by atoms with Crippen molar-refractivity contribution in [3.63, 3.8) is 0 Å². The first kappa shape index (κ1) is 17.7. The molecule has 0 atom stereocenters. The zero-order valence-electron chi connectivity index (χ0n) is 13.7. The van der Waals surface area contributed by atoms with Gasteiger partial charge in [0, 0.05) is 10.3 Å². The monoisotopic (exact) mass is 407 g/mol. The van der Waals surface area contributed by atoms with E-state index in [2.05, 4.69) is 15.3 Å². The van der Waals surface area contributed by atoms with Crippen molar-refractivity contribution in [1.29, 1.82) is 0 Å². The fourth-order valence-corrected chi connectivity index (χ4v) is 5.42. The van der Waals surface area contributed by atoms with Crippen LogP contribution in [0.2, 0.25) is 5.02 Å². The molecule has 0 fully saturated rings. The summed E-state index contributed by atoms with van der Waals surface area (Å²) < 4.78 is 13.1. The summed E-state index contributed by atoms with van der Waals surface area (Å²) in [6, 6.07) is 3.90. The van der Waals surface area contributed by atoms with Gasteiger partial charge in [-0.1, -0.05) is 23.4 Å². The van der Waals surface area contributed by atoms with E-state index in [-0.39, 0.29) is 16.7 Å². The third-order valence-electron chi connectivity index (χ3n) is 4.26. The molecular weight excluding hydrogens is 393 g/mol. The minimum atomic E-state index is -0.437. The molecular formula is C18H15ClFN3OS2. The molecule has 0 saturated carbocycles. The van der Waals surface area contributed by atoms with Crippen LogP contribution in [-0.4, -0.2) is 21.6 Å². The lowest BCUT2D eigenvalue weighted by molar-refractivity contribution is -0.113. The number of thiophene rings is 1. The second kappa shape index (κ2) is 7.50.